The molecule has 0 heterocycles. The average Bonchev–Trinajstić information content (AvgIpc) is 2.38. The second kappa shape index (κ2) is 8.39. The van der Waals surface area contributed by atoms with Gasteiger partial charge in [-0.05, 0) is 38.3 Å². The molecule has 0 radical (unpaired) electrons. The van der Waals surface area contributed by atoms with Crippen LogP contribution in [-0.2, 0) is 4.79 Å². The van der Waals surface area contributed by atoms with E-state index in [1.165, 1.54) is 5.56 Å². The number of nitrogens with one attached hydrogen (secondary N) is 1. The van der Waals surface area contributed by atoms with Gasteiger partial charge in [-0.15, -0.1) is 0 Å². The Morgan fingerprint density at radius 2 is 1.81 bits per heavy atom. The number of aryl methyl sites for hydroxylation is 3. The van der Waals surface area contributed by atoms with Crippen molar-refractivity contribution in [3.63, 3.8) is 0 Å². The Balaban J connectivity index is 2.43. The van der Waals surface area contributed by atoms with Crippen molar-refractivity contribution in [3.05, 3.63) is 28.8 Å². The molecule has 0 bridgehead atoms. The van der Waals surface area contributed by atoms with Crippen LogP contribution in [0.5, 0.6) is 0 Å². The van der Waals surface area contributed by atoms with E-state index in [2.05, 4.69) is 24.4 Å². The van der Waals surface area contributed by atoms with Crippen LogP contribution in [0.1, 0.15) is 29.5 Å². The van der Waals surface area contributed by atoms with Crippen molar-refractivity contribution >= 4 is 39.9 Å². The third-order valence-electron chi connectivity index (χ3n) is 3.08. The quantitative estimate of drug-likeness (QED) is 0.657. The molecule has 5 heteroatoms. The Bertz CT molecular complexity index is 504. The fourth-order valence-corrected chi connectivity index (χ4v) is 3.07. The largest absolute Gasteiger partial charge is 0.364 e. The van der Waals surface area contributed by atoms with Gasteiger partial charge in [0, 0.05) is 32.0 Å². The van der Waals surface area contributed by atoms with E-state index in [1.54, 1.807) is 11.8 Å². The molecule has 0 saturated carbocycles. The molecule has 0 saturated heterocycles. The zero-order chi connectivity index (χ0) is 16.0. The number of amides is 1. The highest BCUT2D eigenvalue weighted by Gasteiger charge is 2.08. The summed E-state index contributed by atoms with van der Waals surface area (Å²) in [5.41, 5.74) is 4.40. The molecule has 0 aliphatic carbocycles. The highest BCUT2D eigenvalue weighted by Crippen LogP contribution is 2.22. The summed E-state index contributed by atoms with van der Waals surface area (Å²) in [6.07, 6.45) is 1.35. The Morgan fingerprint density at radius 3 is 2.33 bits per heavy atom. The number of nitrogens with zero attached hydrogens (tertiary/aromatic N) is 1. The smallest absolute Gasteiger partial charge is 0.224 e. The second-order valence-corrected chi connectivity index (χ2v) is 7.16. The summed E-state index contributed by atoms with van der Waals surface area (Å²) in [5, 5.41) is 3.03. The average molecular weight is 325 g/mol. The van der Waals surface area contributed by atoms with Gasteiger partial charge in [-0.25, -0.2) is 0 Å². The number of hydrogen-bond donors (Lipinski definition) is 1. The molecular formula is C16H24N2OS2. The Hall–Kier alpha value is -1.07. The number of rotatable bonds is 5. The van der Waals surface area contributed by atoms with Crippen molar-refractivity contribution in [2.75, 3.05) is 25.2 Å². The fourth-order valence-electron chi connectivity index (χ4n) is 2.10. The number of thiocarbonyl (C=S) groups is 1. The number of benzene rings is 1. The van der Waals surface area contributed by atoms with Crippen molar-refractivity contribution in [1.29, 1.82) is 0 Å². The summed E-state index contributed by atoms with van der Waals surface area (Å²) in [6.45, 7) is 6.12. The molecule has 1 N–H and O–H groups in total. The summed E-state index contributed by atoms with van der Waals surface area (Å²) >= 11 is 6.82. The maximum Gasteiger partial charge on any atom is 0.224 e. The van der Waals surface area contributed by atoms with E-state index in [0.717, 1.165) is 33.3 Å². The molecule has 0 aromatic heterocycles. The van der Waals surface area contributed by atoms with Crippen LogP contribution in [0.15, 0.2) is 12.1 Å². The number of hydrogen-bond acceptors (Lipinski definition) is 3. The number of anilines is 1. The molecule has 1 amide bonds. The van der Waals surface area contributed by atoms with E-state index in [1.807, 2.05) is 32.8 Å². The lowest BCUT2D eigenvalue weighted by molar-refractivity contribution is -0.116. The van der Waals surface area contributed by atoms with E-state index >= 15 is 0 Å². The Kier molecular flexibility index (Phi) is 7.18. The van der Waals surface area contributed by atoms with Crippen molar-refractivity contribution < 1.29 is 4.79 Å². The minimum Gasteiger partial charge on any atom is -0.364 e. The van der Waals surface area contributed by atoms with E-state index in [-0.39, 0.29) is 5.91 Å². The van der Waals surface area contributed by atoms with Crippen LogP contribution in [-0.4, -0.2) is 35.0 Å². The van der Waals surface area contributed by atoms with Gasteiger partial charge in [0.05, 0.1) is 0 Å². The lowest BCUT2D eigenvalue weighted by atomic mass is 10.0. The molecule has 21 heavy (non-hydrogen) atoms. The topological polar surface area (TPSA) is 32.3 Å². The molecule has 1 rings (SSSR count). The maximum absolute atomic E-state index is 12.0. The van der Waals surface area contributed by atoms with Gasteiger partial charge < -0.3 is 10.2 Å². The van der Waals surface area contributed by atoms with Crippen LogP contribution in [0, 0.1) is 20.8 Å². The van der Waals surface area contributed by atoms with Gasteiger partial charge in [-0.2, -0.15) is 0 Å². The van der Waals surface area contributed by atoms with Crippen LogP contribution in [0.2, 0.25) is 0 Å². The Labute approximate surface area is 137 Å². The van der Waals surface area contributed by atoms with Crippen molar-refractivity contribution in [1.82, 2.24) is 4.90 Å². The molecular weight excluding hydrogens is 300 g/mol. The lowest BCUT2D eigenvalue weighted by Crippen LogP contribution is -2.17. The van der Waals surface area contributed by atoms with E-state index in [4.69, 9.17) is 12.2 Å². The van der Waals surface area contributed by atoms with E-state index in [9.17, 15) is 4.79 Å². The standard InChI is InChI=1S/C16H24N2OS2/c1-11-9-12(2)15(13(3)10-11)17-14(19)7-6-8-21-16(20)18(4)5/h9-10H,6-8H2,1-5H3,(H,17,19). The third kappa shape index (κ3) is 6.06. The van der Waals surface area contributed by atoms with Gasteiger partial charge in [0.1, 0.15) is 4.32 Å². The summed E-state index contributed by atoms with van der Waals surface area (Å²) in [6, 6.07) is 4.18. The van der Waals surface area contributed by atoms with Crippen molar-refractivity contribution in [2.24, 2.45) is 0 Å². The van der Waals surface area contributed by atoms with Gasteiger partial charge >= 0.3 is 0 Å². The van der Waals surface area contributed by atoms with E-state index < -0.39 is 0 Å². The SMILES string of the molecule is Cc1cc(C)c(NC(=O)CCCSC(=S)N(C)C)c(C)c1. The van der Waals surface area contributed by atoms with Crippen molar-refractivity contribution in [2.45, 2.75) is 33.6 Å². The molecule has 0 aliphatic heterocycles. The van der Waals surface area contributed by atoms with Crippen LogP contribution in [0.3, 0.4) is 0 Å². The highest BCUT2D eigenvalue weighted by atomic mass is 32.2. The monoisotopic (exact) mass is 324 g/mol. The minimum absolute atomic E-state index is 0.0708. The van der Waals surface area contributed by atoms with Gasteiger partial charge in [0.15, 0.2) is 0 Å². The Morgan fingerprint density at radius 1 is 1.24 bits per heavy atom. The molecule has 0 spiro atoms. The van der Waals surface area contributed by atoms with Crippen molar-refractivity contribution in [3.8, 4) is 0 Å². The van der Waals surface area contributed by atoms with Gasteiger partial charge in [-0.1, -0.05) is 41.7 Å². The molecule has 0 atom stereocenters. The predicted octanol–water partition coefficient (Wildman–Crippen LogP) is 3.91. The van der Waals surface area contributed by atoms with Gasteiger partial charge in [0.25, 0.3) is 0 Å². The van der Waals surface area contributed by atoms with E-state index in [0.29, 0.717) is 6.42 Å². The highest BCUT2D eigenvalue weighted by molar-refractivity contribution is 8.22. The number of thioether (sulfide) groups is 1. The molecule has 0 fully saturated rings. The predicted molar refractivity (Wildman–Crippen MR) is 97.3 cm³/mol. The van der Waals surface area contributed by atoms with Gasteiger partial charge in [-0.3, -0.25) is 4.79 Å². The third-order valence-corrected chi connectivity index (χ3v) is 4.90. The summed E-state index contributed by atoms with van der Waals surface area (Å²) in [7, 11) is 3.87. The number of carbonyl (C=O) groups is 1. The molecule has 1 aromatic carbocycles. The first kappa shape index (κ1) is 18.0. The van der Waals surface area contributed by atoms with Crippen LogP contribution < -0.4 is 5.32 Å². The van der Waals surface area contributed by atoms with Crippen LogP contribution >= 0.6 is 24.0 Å². The van der Waals surface area contributed by atoms with Crippen LogP contribution in [0.4, 0.5) is 5.69 Å². The number of carbonyl (C=O) groups excluding carboxylic acids is 1. The second-order valence-electron chi connectivity index (χ2n) is 5.43. The molecule has 116 valence electrons. The molecule has 1 aromatic rings. The minimum atomic E-state index is 0.0708. The lowest BCUT2D eigenvalue weighted by Gasteiger charge is -2.14. The maximum atomic E-state index is 12.0. The first-order valence-corrected chi connectivity index (χ1v) is 8.42. The van der Waals surface area contributed by atoms with Gasteiger partial charge in [0.2, 0.25) is 5.91 Å². The zero-order valence-electron chi connectivity index (χ0n) is 13.4. The summed E-state index contributed by atoms with van der Waals surface area (Å²) < 4.78 is 0.862. The van der Waals surface area contributed by atoms with Crippen LogP contribution in [0.25, 0.3) is 0 Å². The molecule has 0 aliphatic rings. The summed E-state index contributed by atoms with van der Waals surface area (Å²) in [5.74, 6) is 0.942. The molecule has 3 nitrogen and oxygen atoms in total. The first-order valence-electron chi connectivity index (χ1n) is 7.03. The molecule has 0 unspecified atom stereocenters. The summed E-state index contributed by atoms with van der Waals surface area (Å²) in [4.78, 5) is 13.9. The fraction of sp³-hybridized carbons (Fsp3) is 0.500. The zero-order valence-corrected chi connectivity index (χ0v) is 15.1. The first-order chi connectivity index (χ1) is 9.81. The normalized spacial score (nSPS) is 10.3.